The molecule has 0 bridgehead atoms. The predicted octanol–water partition coefficient (Wildman–Crippen LogP) is 3.44. The highest BCUT2D eigenvalue weighted by Gasteiger charge is 2.37. The van der Waals surface area contributed by atoms with Crippen molar-refractivity contribution in [3.05, 3.63) is 34.6 Å². The number of nitrogens with two attached hydrogens (primary N) is 1. The first-order valence-corrected chi connectivity index (χ1v) is 7.97. The molecule has 0 aromatic heterocycles. The summed E-state index contributed by atoms with van der Waals surface area (Å²) < 4.78 is 14.1. The monoisotopic (exact) mass is 296 g/mol. The van der Waals surface area contributed by atoms with E-state index in [0.29, 0.717) is 11.6 Å². The van der Waals surface area contributed by atoms with E-state index in [1.807, 2.05) is 6.07 Å². The van der Waals surface area contributed by atoms with Gasteiger partial charge < -0.3 is 11.1 Å². The lowest BCUT2D eigenvalue weighted by atomic mass is 9.87. The molecule has 1 saturated heterocycles. The molecule has 0 spiro atoms. The molecular formula is C16H22ClFN2. The molecule has 1 aromatic carbocycles. The van der Waals surface area contributed by atoms with Crippen LogP contribution < -0.4 is 11.1 Å². The first kappa shape index (κ1) is 14.3. The highest BCUT2D eigenvalue weighted by molar-refractivity contribution is 6.30. The zero-order valence-corrected chi connectivity index (χ0v) is 12.4. The van der Waals surface area contributed by atoms with Crippen LogP contribution in [0.25, 0.3) is 0 Å². The van der Waals surface area contributed by atoms with Crippen molar-refractivity contribution in [3.8, 4) is 0 Å². The molecule has 3 N–H and O–H groups in total. The van der Waals surface area contributed by atoms with Gasteiger partial charge in [0.15, 0.2) is 0 Å². The molecule has 2 aliphatic rings. The summed E-state index contributed by atoms with van der Waals surface area (Å²) in [6, 6.07) is 5.48. The minimum atomic E-state index is -0.307. The van der Waals surface area contributed by atoms with Gasteiger partial charge in [-0.1, -0.05) is 49.4 Å². The highest BCUT2D eigenvalue weighted by atomic mass is 35.5. The third-order valence-corrected chi connectivity index (χ3v) is 5.26. The van der Waals surface area contributed by atoms with Gasteiger partial charge in [0, 0.05) is 24.5 Å². The topological polar surface area (TPSA) is 38.0 Å². The van der Waals surface area contributed by atoms with E-state index in [-0.39, 0.29) is 22.8 Å². The van der Waals surface area contributed by atoms with Crippen molar-refractivity contribution in [2.75, 3.05) is 6.54 Å². The molecule has 0 radical (unpaired) electrons. The summed E-state index contributed by atoms with van der Waals surface area (Å²) in [4.78, 5) is 0. The fraction of sp³-hybridized carbons (Fsp3) is 0.625. The van der Waals surface area contributed by atoms with Gasteiger partial charge >= 0.3 is 0 Å². The molecule has 1 saturated carbocycles. The Morgan fingerprint density at radius 2 is 2.05 bits per heavy atom. The van der Waals surface area contributed by atoms with Gasteiger partial charge in [0.1, 0.15) is 5.82 Å². The molecule has 3 rings (SSSR count). The van der Waals surface area contributed by atoms with E-state index in [9.17, 15) is 4.39 Å². The minimum Gasteiger partial charge on any atom is -0.326 e. The van der Waals surface area contributed by atoms with Crippen LogP contribution in [0, 0.1) is 11.7 Å². The highest BCUT2D eigenvalue weighted by Crippen LogP contribution is 2.35. The standard InChI is InChI=1S/C16H22ClFN2/c17-13-7-3-6-11(15(13)18)12-9-20-14(16(12)19)8-10-4-1-2-5-10/h3,6-7,10,12,14,16,20H,1-2,4-5,8-9,19H2. The van der Waals surface area contributed by atoms with E-state index in [1.165, 1.54) is 25.7 Å². The maximum Gasteiger partial charge on any atom is 0.145 e. The average molecular weight is 297 g/mol. The van der Waals surface area contributed by atoms with Crippen LogP contribution in [-0.2, 0) is 0 Å². The molecule has 0 amide bonds. The smallest absolute Gasteiger partial charge is 0.145 e. The number of benzene rings is 1. The summed E-state index contributed by atoms with van der Waals surface area (Å²) >= 11 is 5.88. The van der Waals surface area contributed by atoms with Crippen molar-refractivity contribution in [1.82, 2.24) is 5.32 Å². The molecule has 1 aromatic rings. The van der Waals surface area contributed by atoms with Crippen molar-refractivity contribution < 1.29 is 4.39 Å². The first-order valence-electron chi connectivity index (χ1n) is 7.59. The Labute approximate surface area is 124 Å². The summed E-state index contributed by atoms with van der Waals surface area (Å²) in [6.45, 7) is 0.746. The fourth-order valence-electron chi connectivity index (χ4n) is 3.80. The van der Waals surface area contributed by atoms with Crippen LogP contribution in [0.3, 0.4) is 0 Å². The van der Waals surface area contributed by atoms with E-state index < -0.39 is 0 Å². The van der Waals surface area contributed by atoms with Gasteiger partial charge in [-0.25, -0.2) is 4.39 Å². The Balaban J connectivity index is 1.71. The Morgan fingerprint density at radius 3 is 2.80 bits per heavy atom. The van der Waals surface area contributed by atoms with Gasteiger partial charge in [0.2, 0.25) is 0 Å². The number of nitrogens with one attached hydrogen (secondary N) is 1. The van der Waals surface area contributed by atoms with Gasteiger partial charge in [0.25, 0.3) is 0 Å². The minimum absolute atomic E-state index is 0.0245. The quantitative estimate of drug-likeness (QED) is 0.897. The fourth-order valence-corrected chi connectivity index (χ4v) is 3.98. The van der Waals surface area contributed by atoms with Gasteiger partial charge in [-0.2, -0.15) is 0 Å². The SMILES string of the molecule is NC1C(CC2CCCC2)NCC1c1cccc(Cl)c1F. The van der Waals surface area contributed by atoms with Crippen molar-refractivity contribution in [2.45, 2.75) is 50.1 Å². The van der Waals surface area contributed by atoms with Crippen LogP contribution in [-0.4, -0.2) is 18.6 Å². The predicted molar refractivity (Wildman–Crippen MR) is 80.5 cm³/mol. The van der Waals surface area contributed by atoms with Crippen LogP contribution in [0.5, 0.6) is 0 Å². The molecule has 2 nitrogen and oxygen atoms in total. The van der Waals surface area contributed by atoms with Crippen molar-refractivity contribution in [1.29, 1.82) is 0 Å². The van der Waals surface area contributed by atoms with E-state index in [0.717, 1.165) is 18.9 Å². The van der Waals surface area contributed by atoms with Crippen LogP contribution >= 0.6 is 11.6 Å². The summed E-state index contributed by atoms with van der Waals surface area (Å²) in [6.07, 6.45) is 6.46. The second kappa shape index (κ2) is 6.00. The molecule has 2 fully saturated rings. The van der Waals surface area contributed by atoms with E-state index in [1.54, 1.807) is 12.1 Å². The number of hydrogen-bond donors (Lipinski definition) is 2. The molecule has 1 aliphatic carbocycles. The molecule has 1 heterocycles. The Bertz CT molecular complexity index is 474. The van der Waals surface area contributed by atoms with Gasteiger partial charge in [-0.3, -0.25) is 0 Å². The zero-order chi connectivity index (χ0) is 14.1. The Hall–Kier alpha value is -0.640. The lowest BCUT2D eigenvalue weighted by Gasteiger charge is -2.23. The summed E-state index contributed by atoms with van der Waals surface area (Å²) in [5.41, 5.74) is 7.04. The van der Waals surface area contributed by atoms with Crippen LogP contribution in [0.4, 0.5) is 4.39 Å². The molecule has 20 heavy (non-hydrogen) atoms. The maximum atomic E-state index is 14.1. The molecule has 3 unspecified atom stereocenters. The lowest BCUT2D eigenvalue weighted by molar-refractivity contribution is 0.390. The number of hydrogen-bond acceptors (Lipinski definition) is 2. The van der Waals surface area contributed by atoms with E-state index in [4.69, 9.17) is 17.3 Å². The summed E-state index contributed by atoms with van der Waals surface area (Å²) in [5.74, 6) is 0.513. The van der Waals surface area contributed by atoms with E-state index >= 15 is 0 Å². The number of rotatable bonds is 3. The van der Waals surface area contributed by atoms with E-state index in [2.05, 4.69) is 5.32 Å². The van der Waals surface area contributed by atoms with Crippen molar-refractivity contribution >= 4 is 11.6 Å². The summed E-state index contributed by atoms with van der Waals surface area (Å²) in [5, 5.41) is 3.68. The van der Waals surface area contributed by atoms with Crippen LogP contribution in [0.2, 0.25) is 5.02 Å². The molecular weight excluding hydrogens is 275 g/mol. The van der Waals surface area contributed by atoms with Crippen LogP contribution in [0.1, 0.15) is 43.6 Å². The zero-order valence-electron chi connectivity index (χ0n) is 11.6. The van der Waals surface area contributed by atoms with Gasteiger partial charge in [-0.05, 0) is 24.0 Å². The molecule has 4 heteroatoms. The lowest BCUT2D eigenvalue weighted by Crippen LogP contribution is -2.39. The average Bonchev–Trinajstić information content (AvgIpc) is 3.06. The van der Waals surface area contributed by atoms with Crippen LogP contribution in [0.15, 0.2) is 18.2 Å². The number of halogens is 2. The first-order chi connectivity index (χ1) is 9.66. The second-order valence-electron chi connectivity index (χ2n) is 6.23. The molecule has 1 aliphatic heterocycles. The Morgan fingerprint density at radius 1 is 1.30 bits per heavy atom. The summed E-state index contributed by atoms with van der Waals surface area (Å²) in [7, 11) is 0. The van der Waals surface area contributed by atoms with Crippen molar-refractivity contribution in [2.24, 2.45) is 11.7 Å². The third kappa shape index (κ3) is 2.72. The largest absolute Gasteiger partial charge is 0.326 e. The third-order valence-electron chi connectivity index (χ3n) is 4.97. The van der Waals surface area contributed by atoms with Gasteiger partial charge in [-0.15, -0.1) is 0 Å². The Kier molecular flexibility index (Phi) is 4.29. The molecule has 3 atom stereocenters. The molecule has 110 valence electrons. The maximum absolute atomic E-state index is 14.1. The van der Waals surface area contributed by atoms with Gasteiger partial charge in [0.05, 0.1) is 5.02 Å². The van der Waals surface area contributed by atoms with Crippen molar-refractivity contribution in [3.63, 3.8) is 0 Å². The normalized spacial score (nSPS) is 31.1. The second-order valence-corrected chi connectivity index (χ2v) is 6.64.